The Labute approximate surface area is 197 Å². The maximum Gasteiger partial charge on any atom is 0.241 e. The summed E-state index contributed by atoms with van der Waals surface area (Å²) < 4.78 is 19.9. The number of benzene rings is 3. The normalized spacial score (nSPS) is 24.8. The smallest absolute Gasteiger partial charge is 0.241 e. The molecule has 0 saturated carbocycles. The lowest BCUT2D eigenvalue weighted by atomic mass is 9.77. The first kappa shape index (κ1) is 20.9. The molecule has 0 unspecified atom stereocenters. The van der Waals surface area contributed by atoms with Crippen LogP contribution in [-0.2, 0) is 14.3 Å². The van der Waals surface area contributed by atoms with Gasteiger partial charge in [0.15, 0.2) is 0 Å². The first-order valence-corrected chi connectivity index (χ1v) is 11.0. The largest absolute Gasteiger partial charge is 0.349 e. The highest BCUT2D eigenvalue weighted by Gasteiger charge is 2.74. The fourth-order valence-electron chi connectivity index (χ4n) is 5.34. The minimum atomic E-state index is -2.15. The summed E-state index contributed by atoms with van der Waals surface area (Å²) in [5.74, 6) is -5.88. The van der Waals surface area contributed by atoms with Gasteiger partial charge in [-0.3, -0.25) is 19.2 Å². The van der Waals surface area contributed by atoms with Crippen LogP contribution in [0, 0.1) is 17.7 Å². The van der Waals surface area contributed by atoms with Gasteiger partial charge < -0.3 is 4.74 Å². The standard InChI is InChI=1S/C26H15ClFNO5/c27-17-12-14(10-11-18(17)28)29-24(32)19-20(25(29)33)26(34-21(19)13-6-2-1-3-7-13)22(30)15-8-4-5-9-16(15)23(26)31/h1-12,19-21H/t19-,20+,21-/m1/s1. The van der Waals surface area contributed by atoms with Gasteiger partial charge in [0, 0.05) is 11.1 Å². The van der Waals surface area contributed by atoms with Crippen LogP contribution in [0.4, 0.5) is 10.1 Å². The van der Waals surface area contributed by atoms with Gasteiger partial charge in [0.25, 0.3) is 0 Å². The number of ether oxygens (including phenoxy) is 1. The van der Waals surface area contributed by atoms with Crippen LogP contribution in [-0.4, -0.2) is 29.0 Å². The van der Waals surface area contributed by atoms with Crippen LogP contribution >= 0.6 is 11.6 Å². The number of halogens is 2. The molecule has 8 heteroatoms. The third kappa shape index (κ3) is 2.53. The van der Waals surface area contributed by atoms with E-state index in [4.69, 9.17) is 16.3 Å². The molecule has 6 rings (SSSR count). The monoisotopic (exact) mass is 475 g/mol. The minimum Gasteiger partial charge on any atom is -0.349 e. The van der Waals surface area contributed by atoms with E-state index in [1.165, 1.54) is 24.3 Å². The average Bonchev–Trinajstić information content (AvgIpc) is 3.42. The zero-order valence-corrected chi connectivity index (χ0v) is 18.2. The van der Waals surface area contributed by atoms with E-state index >= 15 is 0 Å². The van der Waals surface area contributed by atoms with E-state index in [1.807, 2.05) is 0 Å². The summed E-state index contributed by atoms with van der Waals surface area (Å²) in [6, 6.07) is 18.4. The second-order valence-corrected chi connectivity index (χ2v) is 8.91. The van der Waals surface area contributed by atoms with E-state index in [2.05, 4.69) is 0 Å². The van der Waals surface area contributed by atoms with Gasteiger partial charge in [-0.05, 0) is 23.8 Å². The summed E-state index contributed by atoms with van der Waals surface area (Å²) >= 11 is 5.90. The molecule has 3 atom stereocenters. The lowest BCUT2D eigenvalue weighted by molar-refractivity contribution is -0.127. The highest BCUT2D eigenvalue weighted by atomic mass is 35.5. The van der Waals surface area contributed by atoms with Crippen molar-refractivity contribution in [3.63, 3.8) is 0 Å². The summed E-state index contributed by atoms with van der Waals surface area (Å²) in [5.41, 5.74) is -1.22. The second-order valence-electron chi connectivity index (χ2n) is 8.50. The Hall–Kier alpha value is -3.68. The molecule has 1 spiro atoms. The second kappa shape index (κ2) is 7.16. The Kier molecular flexibility index (Phi) is 4.40. The van der Waals surface area contributed by atoms with Crippen LogP contribution < -0.4 is 4.90 Å². The molecular formula is C26H15ClFNO5. The molecule has 3 aromatic rings. The number of nitrogens with zero attached hydrogens (tertiary/aromatic N) is 1. The summed E-state index contributed by atoms with van der Waals surface area (Å²) in [4.78, 5) is 55.6. The maximum absolute atomic E-state index is 13.8. The van der Waals surface area contributed by atoms with Crippen LogP contribution in [0.3, 0.4) is 0 Å². The van der Waals surface area contributed by atoms with Crippen molar-refractivity contribution in [3.8, 4) is 0 Å². The SMILES string of the molecule is O=C1[C@H]2[C@@H](c3ccccc3)OC3(C(=O)c4ccccc4C3=O)[C@@H]2C(=O)N1c1ccc(F)c(Cl)c1. The fourth-order valence-corrected chi connectivity index (χ4v) is 5.51. The predicted octanol–water partition coefficient (Wildman–Crippen LogP) is 4.17. The van der Waals surface area contributed by atoms with Gasteiger partial charge in [0.2, 0.25) is 29.0 Å². The third-order valence-corrected chi connectivity index (χ3v) is 7.10. The lowest BCUT2D eigenvalue weighted by Gasteiger charge is -2.27. The number of ketones is 2. The molecule has 2 amide bonds. The third-order valence-electron chi connectivity index (χ3n) is 6.81. The topological polar surface area (TPSA) is 80.8 Å². The Bertz CT molecular complexity index is 1390. The minimum absolute atomic E-state index is 0.0631. The van der Waals surface area contributed by atoms with E-state index in [9.17, 15) is 23.6 Å². The van der Waals surface area contributed by atoms with Crippen molar-refractivity contribution in [3.05, 3.63) is 100 Å². The Morgan fingerprint density at radius 1 is 0.824 bits per heavy atom. The molecule has 0 bridgehead atoms. The number of hydrogen-bond donors (Lipinski definition) is 0. The zero-order valence-electron chi connectivity index (χ0n) is 17.4. The molecule has 3 aromatic carbocycles. The molecule has 34 heavy (non-hydrogen) atoms. The molecule has 0 N–H and O–H groups in total. The molecule has 6 nitrogen and oxygen atoms in total. The molecule has 2 aliphatic heterocycles. The van der Waals surface area contributed by atoms with Crippen molar-refractivity contribution in [1.82, 2.24) is 0 Å². The number of carbonyl (C=O) groups excluding carboxylic acids is 4. The van der Waals surface area contributed by atoms with Gasteiger partial charge in [-0.15, -0.1) is 0 Å². The molecule has 2 saturated heterocycles. The average molecular weight is 476 g/mol. The van der Waals surface area contributed by atoms with Crippen LogP contribution in [0.1, 0.15) is 32.4 Å². The Morgan fingerprint density at radius 2 is 1.44 bits per heavy atom. The highest BCUT2D eigenvalue weighted by Crippen LogP contribution is 2.57. The molecular weight excluding hydrogens is 461 g/mol. The molecule has 1 aliphatic carbocycles. The summed E-state index contributed by atoms with van der Waals surface area (Å²) in [6.45, 7) is 0. The molecule has 0 aromatic heterocycles. The first-order valence-electron chi connectivity index (χ1n) is 10.6. The Balaban J connectivity index is 1.55. The number of anilines is 1. The predicted molar refractivity (Wildman–Crippen MR) is 119 cm³/mol. The van der Waals surface area contributed by atoms with Crippen LogP contribution in [0.15, 0.2) is 72.8 Å². The summed E-state index contributed by atoms with van der Waals surface area (Å²) in [6.07, 6.45) is -1.01. The number of rotatable bonds is 2. The van der Waals surface area contributed by atoms with E-state index in [-0.39, 0.29) is 21.8 Å². The molecule has 2 heterocycles. The molecule has 2 fully saturated rings. The molecule has 3 aliphatic rings. The maximum atomic E-state index is 13.8. The number of amides is 2. The lowest BCUT2D eigenvalue weighted by Crippen LogP contribution is -2.51. The molecule has 0 radical (unpaired) electrons. The van der Waals surface area contributed by atoms with Crippen molar-refractivity contribution in [1.29, 1.82) is 0 Å². The van der Waals surface area contributed by atoms with Crippen molar-refractivity contribution in [2.75, 3.05) is 4.90 Å². The van der Waals surface area contributed by atoms with Crippen LogP contribution in [0.2, 0.25) is 5.02 Å². The summed E-state index contributed by atoms with van der Waals surface area (Å²) in [7, 11) is 0. The first-order chi connectivity index (χ1) is 16.4. The van der Waals surface area contributed by atoms with Gasteiger partial charge in [0.05, 0.1) is 28.6 Å². The number of fused-ring (bicyclic) bond motifs is 3. The fraction of sp³-hybridized carbons (Fsp3) is 0.154. The summed E-state index contributed by atoms with van der Waals surface area (Å²) in [5, 5.41) is -0.263. The van der Waals surface area contributed by atoms with Gasteiger partial charge in [-0.25, -0.2) is 9.29 Å². The van der Waals surface area contributed by atoms with E-state index in [0.29, 0.717) is 5.56 Å². The van der Waals surface area contributed by atoms with E-state index in [0.717, 1.165) is 11.0 Å². The van der Waals surface area contributed by atoms with Gasteiger partial charge in [-0.2, -0.15) is 0 Å². The van der Waals surface area contributed by atoms with Crippen LogP contribution in [0.25, 0.3) is 0 Å². The van der Waals surface area contributed by atoms with Crippen molar-refractivity contribution in [2.24, 2.45) is 11.8 Å². The number of carbonyl (C=O) groups is 4. The van der Waals surface area contributed by atoms with E-state index < -0.39 is 52.7 Å². The number of hydrogen-bond acceptors (Lipinski definition) is 5. The van der Waals surface area contributed by atoms with Crippen LogP contribution in [0.5, 0.6) is 0 Å². The van der Waals surface area contributed by atoms with E-state index in [1.54, 1.807) is 42.5 Å². The van der Waals surface area contributed by atoms with Gasteiger partial charge >= 0.3 is 0 Å². The zero-order chi connectivity index (χ0) is 23.8. The Morgan fingerprint density at radius 3 is 2.06 bits per heavy atom. The van der Waals surface area contributed by atoms with Crippen molar-refractivity contribution < 1.29 is 28.3 Å². The highest BCUT2D eigenvalue weighted by molar-refractivity contribution is 6.37. The van der Waals surface area contributed by atoms with Crippen molar-refractivity contribution in [2.45, 2.75) is 11.7 Å². The van der Waals surface area contributed by atoms with Crippen molar-refractivity contribution >= 4 is 40.7 Å². The molecule has 168 valence electrons. The quantitative estimate of drug-likeness (QED) is 0.410. The number of Topliss-reactive ketones (excluding diaryl/α,β-unsaturated/α-hetero) is 2. The van der Waals surface area contributed by atoms with Gasteiger partial charge in [-0.1, -0.05) is 66.2 Å². The van der Waals surface area contributed by atoms with Gasteiger partial charge in [0.1, 0.15) is 5.82 Å². The number of imide groups is 1.